The first-order valence-electron chi connectivity index (χ1n) is 6.42. The Balaban J connectivity index is 2.12. The van der Waals surface area contributed by atoms with Crippen molar-refractivity contribution in [3.8, 4) is 0 Å². The van der Waals surface area contributed by atoms with Crippen LogP contribution in [0.25, 0.3) is 0 Å². The quantitative estimate of drug-likeness (QED) is 0.856. The minimum atomic E-state index is -3.43. The third-order valence-corrected chi connectivity index (χ3v) is 4.31. The Morgan fingerprint density at radius 1 is 1.40 bits per heavy atom. The van der Waals surface area contributed by atoms with Gasteiger partial charge in [-0.05, 0) is 24.6 Å². The zero-order chi connectivity index (χ0) is 14.6. The number of anilines is 2. The van der Waals surface area contributed by atoms with E-state index in [1.54, 1.807) is 29.2 Å². The molecule has 1 heterocycles. The van der Waals surface area contributed by atoms with Crippen molar-refractivity contribution in [3.05, 3.63) is 24.3 Å². The van der Waals surface area contributed by atoms with E-state index < -0.39 is 10.0 Å². The number of rotatable bonds is 6. The van der Waals surface area contributed by atoms with Crippen molar-refractivity contribution in [2.24, 2.45) is 0 Å². The summed E-state index contributed by atoms with van der Waals surface area (Å²) in [6.07, 6.45) is 1.38. The van der Waals surface area contributed by atoms with Crippen LogP contribution in [0.3, 0.4) is 0 Å². The van der Waals surface area contributed by atoms with Crippen LogP contribution in [0.15, 0.2) is 24.3 Å². The highest BCUT2D eigenvalue weighted by atomic mass is 32.2. The Kier molecular flexibility index (Phi) is 4.61. The van der Waals surface area contributed by atoms with Crippen LogP contribution in [0.1, 0.15) is 12.8 Å². The number of amides is 1. The van der Waals surface area contributed by atoms with E-state index in [9.17, 15) is 13.2 Å². The second-order valence-electron chi connectivity index (χ2n) is 4.61. The molecule has 1 saturated heterocycles. The predicted molar refractivity (Wildman–Crippen MR) is 77.3 cm³/mol. The Morgan fingerprint density at radius 2 is 2.20 bits per heavy atom. The molecule has 0 radical (unpaired) electrons. The van der Waals surface area contributed by atoms with Crippen molar-refractivity contribution in [3.63, 3.8) is 0 Å². The molecule has 1 aliphatic heterocycles. The van der Waals surface area contributed by atoms with Gasteiger partial charge in [-0.3, -0.25) is 9.52 Å². The molecule has 1 amide bonds. The van der Waals surface area contributed by atoms with Gasteiger partial charge in [0, 0.05) is 25.8 Å². The Labute approximate surface area is 118 Å². The maximum absolute atomic E-state index is 11.8. The fraction of sp³-hybridized carbons (Fsp3) is 0.462. The molecule has 0 atom stereocenters. The zero-order valence-corrected chi connectivity index (χ0v) is 12.1. The minimum Gasteiger partial charge on any atom is -0.384 e. The van der Waals surface area contributed by atoms with E-state index in [1.807, 2.05) is 0 Å². The number of hydrogen-bond acceptors (Lipinski definition) is 4. The van der Waals surface area contributed by atoms with Gasteiger partial charge in [-0.25, -0.2) is 8.42 Å². The minimum absolute atomic E-state index is 0.0735. The normalized spacial score (nSPS) is 15.7. The molecule has 20 heavy (non-hydrogen) atoms. The first kappa shape index (κ1) is 14.8. The number of nitrogens with zero attached hydrogens (tertiary/aromatic N) is 1. The third kappa shape index (κ3) is 3.71. The molecule has 1 aromatic carbocycles. The molecule has 2 rings (SSSR count). The molecule has 0 aromatic heterocycles. The predicted octanol–water partition coefficient (Wildman–Crippen LogP) is 1.20. The topological polar surface area (TPSA) is 75.7 Å². The molecule has 0 spiro atoms. The summed E-state index contributed by atoms with van der Waals surface area (Å²) in [6, 6.07) is 6.87. The van der Waals surface area contributed by atoms with E-state index in [0.29, 0.717) is 18.7 Å². The number of nitrogens with one attached hydrogen (secondary N) is 1. The number of carbonyl (C=O) groups is 1. The number of benzene rings is 1. The summed E-state index contributed by atoms with van der Waals surface area (Å²) in [7, 11) is -1.98. The van der Waals surface area contributed by atoms with Crippen molar-refractivity contribution in [1.29, 1.82) is 0 Å². The summed E-state index contributed by atoms with van der Waals surface area (Å²) in [5.41, 5.74) is 1.18. The van der Waals surface area contributed by atoms with Gasteiger partial charge < -0.3 is 9.64 Å². The van der Waals surface area contributed by atoms with Crippen molar-refractivity contribution >= 4 is 27.3 Å². The van der Waals surface area contributed by atoms with E-state index in [2.05, 4.69) is 4.72 Å². The van der Waals surface area contributed by atoms with Crippen LogP contribution in [-0.2, 0) is 19.6 Å². The van der Waals surface area contributed by atoms with E-state index in [4.69, 9.17) is 4.74 Å². The number of carbonyl (C=O) groups excluding carboxylic acids is 1. The van der Waals surface area contributed by atoms with E-state index in [1.165, 1.54) is 7.11 Å². The monoisotopic (exact) mass is 298 g/mol. The van der Waals surface area contributed by atoms with Gasteiger partial charge in [0.05, 0.1) is 18.0 Å². The lowest BCUT2D eigenvalue weighted by molar-refractivity contribution is -0.117. The average Bonchev–Trinajstić information content (AvgIpc) is 2.82. The van der Waals surface area contributed by atoms with Gasteiger partial charge in [-0.1, -0.05) is 6.07 Å². The zero-order valence-electron chi connectivity index (χ0n) is 11.3. The molecule has 0 unspecified atom stereocenters. The van der Waals surface area contributed by atoms with Crippen LogP contribution in [0, 0.1) is 0 Å². The summed E-state index contributed by atoms with van der Waals surface area (Å²) in [4.78, 5) is 13.4. The molecule has 7 heteroatoms. The van der Waals surface area contributed by atoms with E-state index >= 15 is 0 Å². The van der Waals surface area contributed by atoms with Crippen molar-refractivity contribution < 1.29 is 17.9 Å². The van der Waals surface area contributed by atoms with Crippen LogP contribution in [0.2, 0.25) is 0 Å². The Hall–Kier alpha value is -1.60. The Morgan fingerprint density at radius 3 is 2.85 bits per heavy atom. The van der Waals surface area contributed by atoms with Gasteiger partial charge in [0.25, 0.3) is 0 Å². The van der Waals surface area contributed by atoms with Crippen LogP contribution >= 0.6 is 0 Å². The lowest BCUT2D eigenvalue weighted by Gasteiger charge is -2.17. The molecular formula is C13H18N2O4S. The molecule has 1 fully saturated rings. The molecule has 110 valence electrons. The highest BCUT2D eigenvalue weighted by Gasteiger charge is 2.22. The van der Waals surface area contributed by atoms with Gasteiger partial charge in [-0.2, -0.15) is 0 Å². The molecule has 6 nitrogen and oxygen atoms in total. The number of methoxy groups -OCH3 is 1. The highest BCUT2D eigenvalue weighted by Crippen LogP contribution is 2.24. The fourth-order valence-electron chi connectivity index (χ4n) is 2.08. The van der Waals surface area contributed by atoms with Gasteiger partial charge >= 0.3 is 0 Å². The van der Waals surface area contributed by atoms with Crippen molar-refractivity contribution in [1.82, 2.24) is 0 Å². The molecule has 0 saturated carbocycles. The largest absolute Gasteiger partial charge is 0.384 e. The van der Waals surface area contributed by atoms with E-state index in [0.717, 1.165) is 12.1 Å². The van der Waals surface area contributed by atoms with Crippen LogP contribution < -0.4 is 9.62 Å². The van der Waals surface area contributed by atoms with Crippen LogP contribution in [0.4, 0.5) is 11.4 Å². The fourth-order valence-corrected chi connectivity index (χ4v) is 3.06. The van der Waals surface area contributed by atoms with Crippen molar-refractivity contribution in [2.75, 3.05) is 35.6 Å². The van der Waals surface area contributed by atoms with Crippen molar-refractivity contribution in [2.45, 2.75) is 12.8 Å². The second-order valence-corrected chi connectivity index (χ2v) is 6.45. The molecule has 0 bridgehead atoms. The number of hydrogen-bond donors (Lipinski definition) is 1. The SMILES string of the molecule is COCCS(=O)(=O)Nc1cccc(N2CCCC2=O)c1. The number of ether oxygens (including phenoxy) is 1. The van der Waals surface area contributed by atoms with Gasteiger partial charge in [0.2, 0.25) is 15.9 Å². The first-order valence-corrected chi connectivity index (χ1v) is 8.07. The van der Waals surface area contributed by atoms with E-state index in [-0.39, 0.29) is 18.3 Å². The molecule has 0 aliphatic carbocycles. The van der Waals surface area contributed by atoms with Gasteiger partial charge in [0.1, 0.15) is 0 Å². The van der Waals surface area contributed by atoms with Crippen LogP contribution in [-0.4, -0.2) is 40.3 Å². The maximum atomic E-state index is 11.8. The first-order chi connectivity index (χ1) is 9.52. The summed E-state index contributed by atoms with van der Waals surface area (Å²) in [5, 5.41) is 0. The molecule has 1 N–H and O–H groups in total. The lowest BCUT2D eigenvalue weighted by atomic mass is 10.2. The summed E-state index contributed by atoms with van der Waals surface area (Å²) in [6.45, 7) is 0.818. The maximum Gasteiger partial charge on any atom is 0.235 e. The molecule has 1 aromatic rings. The number of sulfonamides is 1. The van der Waals surface area contributed by atoms with Crippen LogP contribution in [0.5, 0.6) is 0 Å². The second kappa shape index (κ2) is 6.23. The highest BCUT2D eigenvalue weighted by molar-refractivity contribution is 7.92. The third-order valence-electron chi connectivity index (χ3n) is 3.06. The Bertz CT molecular complexity index is 586. The molecular weight excluding hydrogens is 280 g/mol. The summed E-state index contributed by atoms with van der Waals surface area (Å²) in [5.74, 6) is -0.0273. The average molecular weight is 298 g/mol. The van der Waals surface area contributed by atoms with Gasteiger partial charge in [0.15, 0.2) is 0 Å². The molecule has 1 aliphatic rings. The summed E-state index contributed by atoms with van der Waals surface area (Å²) < 4.78 is 30.8. The standard InChI is InChI=1S/C13H18N2O4S/c1-19-8-9-20(17,18)14-11-4-2-5-12(10-11)15-7-3-6-13(15)16/h2,4-5,10,14H,3,6-9H2,1H3. The smallest absolute Gasteiger partial charge is 0.235 e. The summed E-state index contributed by atoms with van der Waals surface area (Å²) >= 11 is 0. The van der Waals surface area contributed by atoms with Gasteiger partial charge in [-0.15, -0.1) is 0 Å². The lowest BCUT2D eigenvalue weighted by Crippen LogP contribution is -2.24.